The molecule has 0 heterocycles. The summed E-state index contributed by atoms with van der Waals surface area (Å²) < 4.78 is 0. The zero-order chi connectivity index (χ0) is 14.9. The van der Waals surface area contributed by atoms with Crippen LogP contribution in [0, 0.1) is 29.6 Å². The minimum atomic E-state index is 0.244. The van der Waals surface area contributed by atoms with E-state index in [0.717, 1.165) is 36.1 Å². The van der Waals surface area contributed by atoms with Crippen LogP contribution in [0.3, 0.4) is 0 Å². The monoisotopic (exact) mass is 304 g/mol. The van der Waals surface area contributed by atoms with Crippen LogP contribution in [0.4, 0.5) is 0 Å². The highest BCUT2D eigenvalue weighted by molar-refractivity contribution is 5.78. The van der Waals surface area contributed by atoms with Gasteiger partial charge in [0.2, 0.25) is 5.91 Å². The van der Waals surface area contributed by atoms with Crippen molar-refractivity contribution in [2.75, 3.05) is 13.1 Å². The smallest absolute Gasteiger partial charge is 0.234 e. The largest absolute Gasteiger partial charge is 0.352 e. The van der Waals surface area contributed by atoms with Gasteiger partial charge in [0, 0.05) is 6.04 Å². The molecule has 0 aromatic heterocycles. The summed E-state index contributed by atoms with van der Waals surface area (Å²) in [6, 6.07) is 0.497. The molecule has 0 aromatic carbocycles. The molecule has 0 radical (unpaired) electrons. The van der Waals surface area contributed by atoms with Crippen LogP contribution < -0.4 is 10.6 Å². The molecule has 5 aliphatic rings. The quantitative estimate of drug-likeness (QED) is 0.819. The SMILES string of the molecule is O=C(CNCC1CCCCC1)NC1C2CC3CC(C2)CC1C3. The molecule has 0 spiro atoms. The summed E-state index contributed by atoms with van der Waals surface area (Å²) in [7, 11) is 0. The molecule has 0 atom stereocenters. The Kier molecular flexibility index (Phi) is 4.43. The second-order valence-corrected chi connectivity index (χ2v) is 8.66. The van der Waals surface area contributed by atoms with Gasteiger partial charge in [0.1, 0.15) is 0 Å². The van der Waals surface area contributed by atoms with E-state index in [1.54, 1.807) is 0 Å². The molecule has 0 unspecified atom stereocenters. The Balaban J connectivity index is 1.21. The van der Waals surface area contributed by atoms with E-state index in [4.69, 9.17) is 0 Å². The Hall–Kier alpha value is -0.570. The highest BCUT2D eigenvalue weighted by Gasteiger charge is 2.48. The second kappa shape index (κ2) is 6.51. The van der Waals surface area contributed by atoms with Crippen molar-refractivity contribution >= 4 is 5.91 Å². The maximum atomic E-state index is 12.3. The van der Waals surface area contributed by atoms with Crippen LogP contribution in [0.2, 0.25) is 0 Å². The number of hydrogen-bond donors (Lipinski definition) is 2. The van der Waals surface area contributed by atoms with E-state index in [1.165, 1.54) is 64.2 Å². The highest BCUT2D eigenvalue weighted by Crippen LogP contribution is 2.53. The third-order valence-electron chi connectivity index (χ3n) is 7.00. The van der Waals surface area contributed by atoms with Crippen molar-refractivity contribution in [1.29, 1.82) is 0 Å². The number of carbonyl (C=O) groups is 1. The van der Waals surface area contributed by atoms with Gasteiger partial charge in [0.05, 0.1) is 6.54 Å². The molecule has 5 saturated carbocycles. The van der Waals surface area contributed by atoms with Gasteiger partial charge in [-0.2, -0.15) is 0 Å². The van der Waals surface area contributed by atoms with Gasteiger partial charge in [0.15, 0.2) is 0 Å². The van der Waals surface area contributed by atoms with Crippen LogP contribution in [0.1, 0.15) is 64.2 Å². The summed E-state index contributed by atoms with van der Waals surface area (Å²) in [5.41, 5.74) is 0. The van der Waals surface area contributed by atoms with Gasteiger partial charge >= 0.3 is 0 Å². The number of rotatable bonds is 5. The molecular formula is C19H32N2O. The van der Waals surface area contributed by atoms with Gasteiger partial charge < -0.3 is 10.6 Å². The third kappa shape index (κ3) is 3.20. The lowest BCUT2D eigenvalue weighted by atomic mass is 9.54. The zero-order valence-electron chi connectivity index (χ0n) is 13.9. The first-order valence-corrected chi connectivity index (χ1v) is 9.78. The molecule has 124 valence electrons. The Bertz CT molecular complexity index is 374. The Morgan fingerprint density at radius 2 is 1.50 bits per heavy atom. The van der Waals surface area contributed by atoms with Crippen LogP contribution in [0.25, 0.3) is 0 Å². The molecule has 5 aliphatic carbocycles. The van der Waals surface area contributed by atoms with Crippen molar-refractivity contribution in [3.63, 3.8) is 0 Å². The van der Waals surface area contributed by atoms with Crippen molar-refractivity contribution in [3.05, 3.63) is 0 Å². The van der Waals surface area contributed by atoms with E-state index in [0.29, 0.717) is 12.6 Å². The Morgan fingerprint density at radius 3 is 2.14 bits per heavy atom. The molecule has 2 N–H and O–H groups in total. The van der Waals surface area contributed by atoms with Crippen LogP contribution in [0.15, 0.2) is 0 Å². The van der Waals surface area contributed by atoms with E-state index < -0.39 is 0 Å². The first-order valence-electron chi connectivity index (χ1n) is 9.78. The van der Waals surface area contributed by atoms with E-state index >= 15 is 0 Å². The minimum Gasteiger partial charge on any atom is -0.352 e. The van der Waals surface area contributed by atoms with E-state index in [2.05, 4.69) is 10.6 Å². The maximum Gasteiger partial charge on any atom is 0.234 e. The fourth-order valence-corrected chi connectivity index (χ4v) is 6.18. The summed E-state index contributed by atoms with van der Waals surface area (Å²) in [5, 5.41) is 6.81. The molecule has 5 rings (SSSR count). The predicted octanol–water partition coefficient (Wildman–Crippen LogP) is 3.10. The maximum absolute atomic E-state index is 12.3. The first-order chi connectivity index (χ1) is 10.8. The summed E-state index contributed by atoms with van der Waals surface area (Å²) in [5.74, 6) is 4.60. The first kappa shape index (κ1) is 15.0. The van der Waals surface area contributed by atoms with Crippen molar-refractivity contribution < 1.29 is 4.79 Å². The summed E-state index contributed by atoms with van der Waals surface area (Å²) in [6.07, 6.45) is 13.9. The second-order valence-electron chi connectivity index (χ2n) is 8.66. The fraction of sp³-hybridized carbons (Fsp3) is 0.947. The van der Waals surface area contributed by atoms with Crippen LogP contribution in [0.5, 0.6) is 0 Å². The van der Waals surface area contributed by atoms with Crippen molar-refractivity contribution in [2.45, 2.75) is 70.3 Å². The van der Waals surface area contributed by atoms with Crippen molar-refractivity contribution in [1.82, 2.24) is 10.6 Å². The van der Waals surface area contributed by atoms with Gasteiger partial charge in [-0.1, -0.05) is 19.3 Å². The van der Waals surface area contributed by atoms with Gasteiger partial charge in [-0.25, -0.2) is 0 Å². The number of amides is 1. The van der Waals surface area contributed by atoms with Gasteiger partial charge in [-0.05, 0) is 81.1 Å². The number of carbonyl (C=O) groups excluding carboxylic acids is 1. The predicted molar refractivity (Wildman–Crippen MR) is 88.4 cm³/mol. The molecule has 3 nitrogen and oxygen atoms in total. The fourth-order valence-electron chi connectivity index (χ4n) is 6.18. The lowest BCUT2D eigenvalue weighted by molar-refractivity contribution is -0.124. The van der Waals surface area contributed by atoms with Gasteiger partial charge in [-0.15, -0.1) is 0 Å². The summed E-state index contributed by atoms with van der Waals surface area (Å²) in [4.78, 5) is 12.3. The van der Waals surface area contributed by atoms with Gasteiger partial charge in [0.25, 0.3) is 0 Å². The minimum absolute atomic E-state index is 0.244. The van der Waals surface area contributed by atoms with Crippen molar-refractivity contribution in [3.8, 4) is 0 Å². The van der Waals surface area contributed by atoms with E-state index in [-0.39, 0.29) is 5.91 Å². The molecule has 1 amide bonds. The van der Waals surface area contributed by atoms with E-state index in [9.17, 15) is 4.79 Å². The summed E-state index contributed by atoms with van der Waals surface area (Å²) >= 11 is 0. The van der Waals surface area contributed by atoms with E-state index in [1.807, 2.05) is 0 Å². The molecule has 0 saturated heterocycles. The van der Waals surface area contributed by atoms with Crippen LogP contribution >= 0.6 is 0 Å². The highest BCUT2D eigenvalue weighted by atomic mass is 16.2. The van der Waals surface area contributed by atoms with Crippen LogP contribution in [-0.2, 0) is 4.79 Å². The van der Waals surface area contributed by atoms with Gasteiger partial charge in [-0.3, -0.25) is 4.79 Å². The lowest BCUT2D eigenvalue weighted by Gasteiger charge is -2.54. The molecule has 4 bridgehead atoms. The molecule has 0 aromatic rings. The summed E-state index contributed by atoms with van der Waals surface area (Å²) in [6.45, 7) is 1.56. The van der Waals surface area contributed by atoms with Crippen molar-refractivity contribution in [2.24, 2.45) is 29.6 Å². The normalized spacial score (nSPS) is 40.8. The average molecular weight is 304 g/mol. The molecular weight excluding hydrogens is 272 g/mol. The molecule has 5 fully saturated rings. The molecule has 0 aliphatic heterocycles. The van der Waals surface area contributed by atoms with Crippen LogP contribution in [-0.4, -0.2) is 25.0 Å². The number of hydrogen-bond acceptors (Lipinski definition) is 2. The Morgan fingerprint density at radius 1 is 0.864 bits per heavy atom. The Labute approximate surface area is 135 Å². The average Bonchev–Trinajstić information content (AvgIpc) is 2.51. The molecule has 22 heavy (non-hydrogen) atoms. The topological polar surface area (TPSA) is 41.1 Å². The standard InChI is InChI=1S/C19H32N2O/c22-18(12-20-11-13-4-2-1-3-5-13)21-19-16-7-14-6-15(9-16)10-17(19)8-14/h13-17,19-20H,1-12H2,(H,21,22). The lowest BCUT2D eigenvalue weighted by Crippen LogP contribution is -2.56. The number of nitrogens with one attached hydrogen (secondary N) is 2. The molecule has 3 heteroatoms. The third-order valence-corrected chi connectivity index (χ3v) is 7.00. The zero-order valence-corrected chi connectivity index (χ0v) is 13.9.